The Hall–Kier alpha value is -2.02. The summed E-state index contributed by atoms with van der Waals surface area (Å²) in [5.41, 5.74) is 0.349. The molecule has 0 aromatic heterocycles. The number of benzene rings is 1. The largest absolute Gasteiger partial charge is 0.522 e. The van der Waals surface area contributed by atoms with Crippen molar-refractivity contribution >= 4 is 5.69 Å². The van der Waals surface area contributed by atoms with Crippen molar-refractivity contribution in [2.24, 2.45) is 0 Å². The fourth-order valence-electron chi connectivity index (χ4n) is 1.36. The number of rotatable bonds is 6. The van der Waals surface area contributed by atoms with Gasteiger partial charge in [-0.2, -0.15) is 0 Å². The number of hydrogen-bond donors (Lipinski definition) is 1. The van der Waals surface area contributed by atoms with Crippen LogP contribution in [0.4, 0.5) is 23.2 Å². The molecule has 0 aliphatic carbocycles. The van der Waals surface area contributed by atoms with Crippen LogP contribution in [0.2, 0.25) is 0 Å². The zero-order chi connectivity index (χ0) is 15.3. The number of allylic oxidation sites excluding steroid dienone is 1. The molecule has 0 bridgehead atoms. The smallest absolute Gasteiger partial charge is 0.495 e. The highest BCUT2D eigenvalue weighted by Crippen LogP contribution is 2.30. The van der Waals surface area contributed by atoms with Crippen LogP contribution in [0, 0.1) is 5.82 Å². The number of nitrogens with one attached hydrogen (secondary N) is 1. The summed E-state index contributed by atoms with van der Waals surface area (Å²) in [6.45, 7) is 6.11. The van der Waals surface area contributed by atoms with Crippen molar-refractivity contribution in [3.63, 3.8) is 0 Å². The molecule has 3 nitrogen and oxygen atoms in total. The SMILES string of the molecule is C=CC(=C)Nc1cc(F)c(COC(F)(F)F)cc1OC. The highest BCUT2D eigenvalue weighted by molar-refractivity contribution is 5.61. The molecule has 110 valence electrons. The molecule has 0 radical (unpaired) electrons. The van der Waals surface area contributed by atoms with Crippen LogP contribution >= 0.6 is 0 Å². The molecule has 1 rings (SSSR count). The Kier molecular flexibility index (Phi) is 5.15. The molecule has 1 aromatic rings. The fraction of sp³-hybridized carbons (Fsp3) is 0.231. The van der Waals surface area contributed by atoms with Gasteiger partial charge in [-0.25, -0.2) is 4.39 Å². The van der Waals surface area contributed by atoms with E-state index >= 15 is 0 Å². The summed E-state index contributed by atoms with van der Waals surface area (Å²) in [5.74, 6) is -0.690. The van der Waals surface area contributed by atoms with Gasteiger partial charge < -0.3 is 10.1 Å². The van der Waals surface area contributed by atoms with E-state index in [-0.39, 0.29) is 17.0 Å². The molecule has 0 heterocycles. The third-order valence-corrected chi connectivity index (χ3v) is 2.30. The maximum absolute atomic E-state index is 13.7. The molecule has 1 aromatic carbocycles. The summed E-state index contributed by atoms with van der Waals surface area (Å²) in [4.78, 5) is 0. The summed E-state index contributed by atoms with van der Waals surface area (Å²) in [7, 11) is 1.31. The van der Waals surface area contributed by atoms with Gasteiger partial charge in [-0.3, -0.25) is 4.74 Å². The molecule has 0 aliphatic heterocycles. The second kappa shape index (κ2) is 6.42. The van der Waals surface area contributed by atoms with Gasteiger partial charge in [-0.1, -0.05) is 13.2 Å². The molecule has 0 amide bonds. The maximum atomic E-state index is 13.7. The molecule has 0 saturated carbocycles. The van der Waals surface area contributed by atoms with Gasteiger partial charge in [0.2, 0.25) is 0 Å². The summed E-state index contributed by atoms with van der Waals surface area (Å²) >= 11 is 0. The summed E-state index contributed by atoms with van der Waals surface area (Å²) in [6, 6.07) is 2.13. The number of halogens is 4. The van der Waals surface area contributed by atoms with Gasteiger partial charge in [0.1, 0.15) is 11.6 Å². The molecule has 0 spiro atoms. The van der Waals surface area contributed by atoms with E-state index in [0.717, 1.165) is 12.1 Å². The lowest BCUT2D eigenvalue weighted by atomic mass is 10.1. The first-order valence-electron chi connectivity index (χ1n) is 5.42. The Morgan fingerprint density at radius 3 is 2.55 bits per heavy atom. The van der Waals surface area contributed by atoms with Crippen molar-refractivity contribution in [1.29, 1.82) is 0 Å². The van der Waals surface area contributed by atoms with Gasteiger partial charge in [0.15, 0.2) is 0 Å². The number of alkyl halides is 3. The average Bonchev–Trinajstić information content (AvgIpc) is 2.36. The normalized spacial score (nSPS) is 11.1. The lowest BCUT2D eigenvalue weighted by Gasteiger charge is -2.14. The quantitative estimate of drug-likeness (QED) is 0.635. The highest BCUT2D eigenvalue weighted by Gasteiger charge is 2.29. The van der Waals surface area contributed by atoms with Gasteiger partial charge in [0, 0.05) is 17.3 Å². The minimum Gasteiger partial charge on any atom is -0.495 e. The van der Waals surface area contributed by atoms with Crippen LogP contribution in [0.5, 0.6) is 5.75 Å². The lowest BCUT2D eigenvalue weighted by Crippen LogP contribution is -2.13. The second-order valence-corrected chi connectivity index (χ2v) is 3.73. The molecular weight excluding hydrogens is 278 g/mol. The summed E-state index contributed by atoms with van der Waals surface area (Å²) in [5, 5.41) is 2.71. The number of methoxy groups -OCH3 is 1. The van der Waals surface area contributed by atoms with Crippen LogP contribution in [0.25, 0.3) is 0 Å². The first-order valence-corrected chi connectivity index (χ1v) is 5.42. The Balaban J connectivity index is 3.00. The van der Waals surface area contributed by atoms with E-state index in [9.17, 15) is 17.6 Å². The van der Waals surface area contributed by atoms with Crippen molar-refractivity contribution in [2.45, 2.75) is 13.0 Å². The summed E-state index contributed by atoms with van der Waals surface area (Å²) < 4.78 is 58.1. The number of hydrogen-bond acceptors (Lipinski definition) is 3. The van der Waals surface area contributed by atoms with E-state index < -0.39 is 18.8 Å². The van der Waals surface area contributed by atoms with E-state index in [1.807, 2.05) is 0 Å². The second-order valence-electron chi connectivity index (χ2n) is 3.73. The van der Waals surface area contributed by atoms with Crippen LogP contribution in [0.1, 0.15) is 5.56 Å². The van der Waals surface area contributed by atoms with Gasteiger partial charge >= 0.3 is 6.36 Å². The lowest BCUT2D eigenvalue weighted by molar-refractivity contribution is -0.330. The Morgan fingerprint density at radius 2 is 2.05 bits per heavy atom. The monoisotopic (exact) mass is 291 g/mol. The molecule has 1 N–H and O–H groups in total. The zero-order valence-corrected chi connectivity index (χ0v) is 10.7. The number of anilines is 1. The minimum atomic E-state index is -4.83. The van der Waals surface area contributed by atoms with Crippen LogP contribution < -0.4 is 10.1 Å². The van der Waals surface area contributed by atoms with Gasteiger partial charge in [-0.15, -0.1) is 13.2 Å². The molecule has 0 fully saturated rings. The van der Waals surface area contributed by atoms with Crippen LogP contribution in [-0.4, -0.2) is 13.5 Å². The van der Waals surface area contributed by atoms with E-state index in [4.69, 9.17) is 4.74 Å². The van der Waals surface area contributed by atoms with Crippen molar-refractivity contribution < 1.29 is 27.0 Å². The standard InChI is InChI=1S/C13H13F4NO2/c1-4-8(2)18-11-6-10(14)9(5-12(11)19-3)7-20-13(15,16)17/h4-6,18H,1-2,7H2,3H3. The number of ether oxygens (including phenoxy) is 2. The average molecular weight is 291 g/mol. The predicted molar refractivity (Wildman–Crippen MR) is 66.8 cm³/mol. The Bertz CT molecular complexity index is 512. The van der Waals surface area contributed by atoms with Crippen LogP contribution in [-0.2, 0) is 11.3 Å². The third kappa shape index (κ3) is 4.58. The van der Waals surface area contributed by atoms with Crippen LogP contribution in [0.3, 0.4) is 0 Å². The summed E-state index contributed by atoms with van der Waals surface area (Å²) in [6.07, 6.45) is -3.42. The van der Waals surface area contributed by atoms with E-state index in [2.05, 4.69) is 23.2 Å². The molecule has 7 heteroatoms. The van der Waals surface area contributed by atoms with E-state index in [1.165, 1.54) is 13.2 Å². The Labute approximate surface area is 113 Å². The first kappa shape index (κ1) is 16.0. The third-order valence-electron chi connectivity index (χ3n) is 2.30. The molecule has 0 unspecified atom stereocenters. The van der Waals surface area contributed by atoms with Crippen molar-refractivity contribution in [2.75, 3.05) is 12.4 Å². The predicted octanol–water partition coefficient (Wildman–Crippen LogP) is 3.98. The van der Waals surface area contributed by atoms with E-state index in [0.29, 0.717) is 5.70 Å². The fourth-order valence-corrected chi connectivity index (χ4v) is 1.36. The molecule has 20 heavy (non-hydrogen) atoms. The maximum Gasteiger partial charge on any atom is 0.522 e. The molecule has 0 aliphatic rings. The topological polar surface area (TPSA) is 30.5 Å². The van der Waals surface area contributed by atoms with E-state index in [1.54, 1.807) is 0 Å². The first-order chi connectivity index (χ1) is 9.26. The van der Waals surface area contributed by atoms with Crippen molar-refractivity contribution in [3.05, 3.63) is 48.4 Å². The van der Waals surface area contributed by atoms with Crippen LogP contribution in [0.15, 0.2) is 37.1 Å². The molecular formula is C13H13F4NO2. The molecule has 0 saturated heterocycles. The highest BCUT2D eigenvalue weighted by atomic mass is 19.4. The van der Waals surface area contributed by atoms with Crippen molar-refractivity contribution in [1.82, 2.24) is 0 Å². The van der Waals surface area contributed by atoms with Gasteiger partial charge in [-0.05, 0) is 12.1 Å². The van der Waals surface area contributed by atoms with Crippen molar-refractivity contribution in [3.8, 4) is 5.75 Å². The molecule has 0 atom stereocenters. The van der Waals surface area contributed by atoms with Gasteiger partial charge in [0.05, 0.1) is 19.4 Å². The Morgan fingerprint density at radius 1 is 1.40 bits per heavy atom. The minimum absolute atomic E-state index is 0.162. The zero-order valence-electron chi connectivity index (χ0n) is 10.7. The van der Waals surface area contributed by atoms with Gasteiger partial charge in [0.25, 0.3) is 0 Å².